The van der Waals surface area contributed by atoms with E-state index in [4.69, 9.17) is 9.84 Å². The lowest BCUT2D eigenvalue weighted by Gasteiger charge is -2.11. The predicted octanol–water partition coefficient (Wildman–Crippen LogP) is 1.48. The van der Waals surface area contributed by atoms with Crippen molar-refractivity contribution in [1.82, 2.24) is 5.32 Å². The number of thioether (sulfide) groups is 1. The highest BCUT2D eigenvalue weighted by Gasteiger charge is 2.30. The second kappa shape index (κ2) is 4.76. The smallest absolute Gasteiger partial charge is 0.321 e. The first-order valence-corrected chi connectivity index (χ1v) is 6.00. The molecule has 86 valence electrons. The lowest BCUT2D eigenvalue weighted by molar-refractivity contribution is -0.138. The van der Waals surface area contributed by atoms with Crippen molar-refractivity contribution in [2.75, 3.05) is 12.9 Å². The Kier molecular flexibility index (Phi) is 3.36. The molecule has 2 rings (SSSR count). The van der Waals surface area contributed by atoms with Crippen LogP contribution in [0.25, 0.3) is 0 Å². The molecule has 4 nitrogen and oxygen atoms in total. The van der Waals surface area contributed by atoms with Gasteiger partial charge in [-0.3, -0.25) is 10.1 Å². The normalized spacial score (nSPS) is 24.3. The van der Waals surface area contributed by atoms with E-state index in [1.165, 1.54) is 0 Å². The van der Waals surface area contributed by atoms with E-state index in [0.29, 0.717) is 5.75 Å². The van der Waals surface area contributed by atoms with E-state index in [-0.39, 0.29) is 5.37 Å². The Bertz CT molecular complexity index is 379. The van der Waals surface area contributed by atoms with Crippen LogP contribution in [0.5, 0.6) is 5.75 Å². The molecular formula is C11H13NO3S. The second-order valence-corrected chi connectivity index (χ2v) is 4.68. The van der Waals surface area contributed by atoms with Gasteiger partial charge in [-0.05, 0) is 17.7 Å². The third-order valence-electron chi connectivity index (χ3n) is 2.50. The van der Waals surface area contributed by atoms with Crippen molar-refractivity contribution in [3.63, 3.8) is 0 Å². The van der Waals surface area contributed by atoms with E-state index in [9.17, 15) is 4.79 Å². The molecule has 1 heterocycles. The molecule has 1 unspecified atom stereocenters. The summed E-state index contributed by atoms with van der Waals surface area (Å²) in [5.74, 6) is 0.622. The number of rotatable bonds is 3. The zero-order valence-corrected chi connectivity index (χ0v) is 9.66. The summed E-state index contributed by atoms with van der Waals surface area (Å²) >= 11 is 1.61. The van der Waals surface area contributed by atoms with E-state index < -0.39 is 12.0 Å². The molecule has 0 saturated carbocycles. The lowest BCUT2D eigenvalue weighted by Crippen LogP contribution is -2.33. The summed E-state index contributed by atoms with van der Waals surface area (Å²) in [4.78, 5) is 10.8. The van der Waals surface area contributed by atoms with Crippen LogP contribution >= 0.6 is 11.8 Å². The molecule has 1 aromatic carbocycles. The predicted molar refractivity (Wildman–Crippen MR) is 62.8 cm³/mol. The fourth-order valence-corrected chi connectivity index (χ4v) is 2.82. The van der Waals surface area contributed by atoms with Crippen molar-refractivity contribution in [2.24, 2.45) is 0 Å². The van der Waals surface area contributed by atoms with Crippen molar-refractivity contribution >= 4 is 17.7 Å². The molecule has 1 fully saturated rings. The molecule has 5 heteroatoms. The number of aliphatic carboxylic acids is 1. The van der Waals surface area contributed by atoms with Crippen LogP contribution in [-0.2, 0) is 4.79 Å². The topological polar surface area (TPSA) is 58.6 Å². The van der Waals surface area contributed by atoms with Crippen LogP contribution in [0.15, 0.2) is 24.3 Å². The molecule has 2 atom stereocenters. The van der Waals surface area contributed by atoms with E-state index in [1.54, 1.807) is 18.9 Å². The highest BCUT2D eigenvalue weighted by Crippen LogP contribution is 2.33. The van der Waals surface area contributed by atoms with E-state index in [2.05, 4.69) is 5.32 Å². The molecule has 1 saturated heterocycles. The van der Waals surface area contributed by atoms with Gasteiger partial charge in [-0.1, -0.05) is 12.1 Å². The number of ether oxygens (including phenoxy) is 1. The minimum atomic E-state index is -0.788. The van der Waals surface area contributed by atoms with Gasteiger partial charge in [0.2, 0.25) is 0 Å². The van der Waals surface area contributed by atoms with E-state index >= 15 is 0 Å². The summed E-state index contributed by atoms with van der Waals surface area (Å²) in [6.07, 6.45) is 0. The molecule has 0 radical (unpaired) electrons. The number of hydrogen-bond acceptors (Lipinski definition) is 4. The number of carboxylic acid groups (broad SMARTS) is 1. The van der Waals surface area contributed by atoms with Crippen LogP contribution in [0.1, 0.15) is 10.9 Å². The molecule has 1 aromatic rings. The maximum absolute atomic E-state index is 10.8. The van der Waals surface area contributed by atoms with Crippen LogP contribution in [0.3, 0.4) is 0 Å². The van der Waals surface area contributed by atoms with E-state index in [1.807, 2.05) is 24.3 Å². The Morgan fingerprint density at radius 3 is 2.69 bits per heavy atom. The Hall–Kier alpha value is -1.20. The summed E-state index contributed by atoms with van der Waals surface area (Å²) in [5, 5.41) is 12.0. The van der Waals surface area contributed by atoms with Crippen molar-refractivity contribution < 1.29 is 14.6 Å². The number of nitrogens with one attached hydrogen (secondary N) is 1. The van der Waals surface area contributed by atoms with Gasteiger partial charge in [-0.25, -0.2) is 0 Å². The number of methoxy groups -OCH3 is 1. The maximum Gasteiger partial charge on any atom is 0.321 e. The molecule has 0 spiro atoms. The standard InChI is InChI=1S/C11H13NO3S/c1-15-8-4-2-7(3-5-8)10-12-9(6-16-10)11(13)14/h2-5,9-10,12H,6H2,1H3,(H,13,14)/t9-,10?/m1/s1. The Labute approximate surface area is 98.0 Å². The summed E-state index contributed by atoms with van der Waals surface area (Å²) < 4.78 is 5.07. The highest BCUT2D eigenvalue weighted by molar-refractivity contribution is 7.99. The zero-order valence-electron chi connectivity index (χ0n) is 8.84. The second-order valence-electron chi connectivity index (χ2n) is 3.54. The van der Waals surface area contributed by atoms with Gasteiger partial charge < -0.3 is 9.84 Å². The molecule has 16 heavy (non-hydrogen) atoms. The molecule has 0 bridgehead atoms. The number of benzene rings is 1. The van der Waals surface area contributed by atoms with Gasteiger partial charge in [0.1, 0.15) is 11.8 Å². The number of carboxylic acids is 1. The maximum atomic E-state index is 10.8. The average Bonchev–Trinajstić information content (AvgIpc) is 2.78. The molecule has 0 amide bonds. The molecule has 0 aromatic heterocycles. The molecule has 2 N–H and O–H groups in total. The van der Waals surface area contributed by atoms with Crippen molar-refractivity contribution in [1.29, 1.82) is 0 Å². The lowest BCUT2D eigenvalue weighted by atomic mass is 10.2. The van der Waals surface area contributed by atoms with E-state index in [0.717, 1.165) is 11.3 Å². The van der Waals surface area contributed by atoms with Crippen LogP contribution in [0, 0.1) is 0 Å². The molecule has 1 aliphatic heterocycles. The largest absolute Gasteiger partial charge is 0.497 e. The summed E-state index contributed by atoms with van der Waals surface area (Å²) in [6, 6.07) is 7.22. The first-order chi connectivity index (χ1) is 7.70. The Morgan fingerprint density at radius 2 is 2.19 bits per heavy atom. The van der Waals surface area contributed by atoms with Crippen molar-refractivity contribution in [3.05, 3.63) is 29.8 Å². The number of carbonyl (C=O) groups is 1. The summed E-state index contributed by atoms with van der Waals surface area (Å²) in [6.45, 7) is 0. The van der Waals surface area contributed by atoms with Crippen LogP contribution < -0.4 is 10.1 Å². The van der Waals surface area contributed by atoms with Gasteiger partial charge in [0, 0.05) is 5.75 Å². The molecule has 1 aliphatic rings. The SMILES string of the molecule is COc1ccc(C2N[C@@H](C(=O)O)CS2)cc1. The zero-order chi connectivity index (χ0) is 11.5. The quantitative estimate of drug-likeness (QED) is 0.836. The third-order valence-corrected chi connectivity index (χ3v) is 3.77. The minimum Gasteiger partial charge on any atom is -0.497 e. The monoisotopic (exact) mass is 239 g/mol. The summed E-state index contributed by atoms with van der Waals surface area (Å²) in [5.41, 5.74) is 1.08. The third kappa shape index (κ3) is 2.31. The first kappa shape index (κ1) is 11.3. The molecule has 0 aliphatic carbocycles. The van der Waals surface area contributed by atoms with Crippen molar-refractivity contribution in [3.8, 4) is 5.75 Å². The van der Waals surface area contributed by atoms with Crippen LogP contribution in [0.2, 0.25) is 0 Å². The van der Waals surface area contributed by atoms with Gasteiger partial charge in [0.25, 0.3) is 0 Å². The van der Waals surface area contributed by atoms with Crippen LogP contribution in [-0.4, -0.2) is 30.0 Å². The first-order valence-electron chi connectivity index (χ1n) is 4.95. The van der Waals surface area contributed by atoms with Crippen molar-refractivity contribution in [2.45, 2.75) is 11.4 Å². The average molecular weight is 239 g/mol. The summed E-state index contributed by atoms with van der Waals surface area (Å²) in [7, 11) is 1.62. The Balaban J connectivity index is 2.05. The Morgan fingerprint density at radius 1 is 1.50 bits per heavy atom. The van der Waals surface area contributed by atoms with Gasteiger partial charge >= 0.3 is 5.97 Å². The highest BCUT2D eigenvalue weighted by atomic mass is 32.2. The van der Waals surface area contributed by atoms with Gasteiger partial charge in [0.05, 0.1) is 12.5 Å². The van der Waals surface area contributed by atoms with Gasteiger partial charge in [-0.15, -0.1) is 11.8 Å². The van der Waals surface area contributed by atoms with Crippen LogP contribution in [0.4, 0.5) is 0 Å². The minimum absolute atomic E-state index is 0.0620. The number of hydrogen-bond donors (Lipinski definition) is 2. The van der Waals surface area contributed by atoms with Gasteiger partial charge in [-0.2, -0.15) is 0 Å². The van der Waals surface area contributed by atoms with Gasteiger partial charge in [0.15, 0.2) is 0 Å². The fraction of sp³-hybridized carbons (Fsp3) is 0.364. The fourth-order valence-electron chi connectivity index (χ4n) is 1.59. The molecular weight excluding hydrogens is 226 g/mol.